The molecule has 0 aromatic heterocycles. The van der Waals surface area contributed by atoms with Crippen molar-refractivity contribution in [3.8, 4) is 0 Å². The van der Waals surface area contributed by atoms with E-state index in [0.29, 0.717) is 31.6 Å². The van der Waals surface area contributed by atoms with Crippen LogP contribution in [0.25, 0.3) is 0 Å². The van der Waals surface area contributed by atoms with Gasteiger partial charge in [-0.05, 0) is 26.2 Å². The molecule has 0 amide bonds. The predicted octanol–water partition coefficient (Wildman–Crippen LogP) is 0.472. The molecule has 0 aromatic rings. The Morgan fingerprint density at radius 3 is 2.26 bits per heavy atom. The standard InChI is InChI=1S/C9H19N3O4.Ac.2ClH/c1-7(11-16)12(6-13)5-3-2-4-8(10)9(14)15;;;/h8,13,16H,2-6,10H2,1H3,(H,14,15);;2*1H/b11-7+;;;/t8-;;;/m0.../s1. The molecule has 7 nitrogen and oxygen atoms in total. The monoisotopic (exact) mass is 532 g/mol. The predicted molar refractivity (Wildman–Crippen MR) is 72.6 cm³/mol. The Morgan fingerprint density at radius 1 is 1.37 bits per heavy atom. The van der Waals surface area contributed by atoms with Crippen LogP contribution < -0.4 is 5.73 Å². The first-order valence-electron chi connectivity index (χ1n) is 5.05. The fourth-order valence-corrected chi connectivity index (χ4v) is 1.19. The number of halogens is 2. The molecule has 5 N–H and O–H groups in total. The second kappa shape index (κ2) is 16.7. The minimum Gasteiger partial charge on any atom is -0.480 e. The number of unbranched alkanes of at least 4 members (excludes halogenated alkanes) is 1. The van der Waals surface area contributed by atoms with Crippen molar-refractivity contribution >= 4 is 36.6 Å². The third-order valence-electron chi connectivity index (χ3n) is 2.28. The van der Waals surface area contributed by atoms with E-state index in [2.05, 4.69) is 5.16 Å². The van der Waals surface area contributed by atoms with Gasteiger partial charge in [-0.2, -0.15) is 0 Å². The zero-order chi connectivity index (χ0) is 12.6. The zero-order valence-electron chi connectivity index (χ0n) is 10.7. The number of aliphatic hydroxyl groups excluding tert-OH is 1. The molecule has 0 saturated carbocycles. The van der Waals surface area contributed by atoms with Crippen LogP contribution in [0.4, 0.5) is 0 Å². The van der Waals surface area contributed by atoms with E-state index in [0.717, 1.165) is 0 Å². The molecule has 1 atom stereocenters. The van der Waals surface area contributed by atoms with Crippen LogP contribution in [0, 0.1) is 44.1 Å². The van der Waals surface area contributed by atoms with Gasteiger partial charge in [0.05, 0.1) is 0 Å². The van der Waals surface area contributed by atoms with Crippen LogP contribution in [-0.4, -0.2) is 51.4 Å². The first kappa shape index (κ1) is 27.9. The summed E-state index contributed by atoms with van der Waals surface area (Å²) in [6, 6.07) is -0.838. The Labute approximate surface area is 161 Å². The third kappa shape index (κ3) is 13.4. The van der Waals surface area contributed by atoms with Crippen LogP contribution in [0.3, 0.4) is 0 Å². The maximum Gasteiger partial charge on any atom is 0.320 e. The van der Waals surface area contributed by atoms with Crippen LogP contribution in [0.1, 0.15) is 26.2 Å². The maximum absolute atomic E-state index is 10.4. The van der Waals surface area contributed by atoms with Crippen LogP contribution in [0.15, 0.2) is 5.16 Å². The van der Waals surface area contributed by atoms with Crippen molar-refractivity contribution in [1.29, 1.82) is 0 Å². The summed E-state index contributed by atoms with van der Waals surface area (Å²) < 4.78 is 0. The fraction of sp³-hybridized carbons (Fsp3) is 0.778. The van der Waals surface area contributed by atoms with E-state index in [-0.39, 0.29) is 75.6 Å². The van der Waals surface area contributed by atoms with E-state index in [1.54, 1.807) is 6.92 Å². The molecular formula is C9H21AcCl2N3O4. The normalized spacial score (nSPS) is 11.4. The Hall–Kier alpha value is 0.682. The van der Waals surface area contributed by atoms with Crippen molar-refractivity contribution in [2.75, 3.05) is 13.3 Å². The van der Waals surface area contributed by atoms with Crippen molar-refractivity contribution in [3.63, 3.8) is 0 Å². The van der Waals surface area contributed by atoms with Crippen molar-refractivity contribution in [2.45, 2.75) is 32.2 Å². The molecule has 0 aliphatic heterocycles. The molecule has 10 heteroatoms. The molecule has 0 aliphatic carbocycles. The van der Waals surface area contributed by atoms with E-state index < -0.39 is 12.0 Å². The van der Waals surface area contributed by atoms with E-state index >= 15 is 0 Å². The number of aliphatic hydroxyl groups is 1. The Kier molecular flexibility index (Phi) is 24.6. The summed E-state index contributed by atoms with van der Waals surface area (Å²) in [7, 11) is 0. The number of amidine groups is 1. The van der Waals surface area contributed by atoms with Gasteiger partial charge in [-0.15, -0.1) is 24.8 Å². The number of carbonyl (C=O) groups is 1. The smallest absolute Gasteiger partial charge is 0.320 e. The van der Waals surface area contributed by atoms with E-state index in [4.69, 9.17) is 21.2 Å². The van der Waals surface area contributed by atoms with E-state index in [9.17, 15) is 4.79 Å². The summed E-state index contributed by atoms with van der Waals surface area (Å²) >= 11 is 0. The molecule has 1 radical (unpaired) electrons. The number of rotatable bonds is 7. The molecule has 113 valence electrons. The van der Waals surface area contributed by atoms with Gasteiger partial charge in [0.2, 0.25) is 0 Å². The van der Waals surface area contributed by atoms with Crippen LogP contribution in [0.2, 0.25) is 0 Å². The molecule has 19 heavy (non-hydrogen) atoms. The number of carboxylic acid groups (broad SMARTS) is 1. The maximum atomic E-state index is 10.4. The first-order valence-corrected chi connectivity index (χ1v) is 5.05. The molecule has 0 spiro atoms. The first-order chi connectivity index (χ1) is 7.52. The number of nitrogens with two attached hydrogens (primary N) is 1. The van der Waals surface area contributed by atoms with Crippen molar-refractivity contribution in [2.24, 2.45) is 10.9 Å². The minimum atomic E-state index is -1.01. The largest absolute Gasteiger partial charge is 0.480 e. The van der Waals surface area contributed by atoms with Gasteiger partial charge in [0.15, 0.2) is 0 Å². The summed E-state index contributed by atoms with van der Waals surface area (Å²) in [6.07, 6.45) is 1.71. The number of hydrogen-bond acceptors (Lipinski definition) is 5. The number of oxime groups is 1. The van der Waals surface area contributed by atoms with Gasteiger partial charge in [-0.3, -0.25) is 4.79 Å². The molecule has 0 heterocycles. The van der Waals surface area contributed by atoms with Crippen LogP contribution in [-0.2, 0) is 4.79 Å². The second-order valence-electron chi connectivity index (χ2n) is 3.49. The van der Waals surface area contributed by atoms with E-state index in [1.165, 1.54) is 4.90 Å². The Bertz CT molecular complexity index is 260. The van der Waals surface area contributed by atoms with Crippen molar-refractivity contribution < 1.29 is 64.3 Å². The molecule has 0 aliphatic rings. The van der Waals surface area contributed by atoms with Gasteiger partial charge in [0.1, 0.15) is 18.6 Å². The molecule has 0 rings (SSSR count). The molecule has 0 aromatic carbocycles. The molecule has 0 fully saturated rings. The Morgan fingerprint density at radius 2 is 1.89 bits per heavy atom. The number of hydrogen-bond donors (Lipinski definition) is 4. The SMILES string of the molecule is C/C(=N\O)N(CO)CCCC[C@H](N)C(=O)O.Cl.Cl.[Ac]. The fourth-order valence-electron chi connectivity index (χ4n) is 1.19. The summed E-state index contributed by atoms with van der Waals surface area (Å²) in [5.74, 6) is -0.683. The topological polar surface area (TPSA) is 119 Å². The average Bonchev–Trinajstić information content (AvgIpc) is 2.27. The van der Waals surface area contributed by atoms with E-state index in [1.807, 2.05) is 0 Å². The molecule has 0 bridgehead atoms. The van der Waals surface area contributed by atoms with Crippen molar-refractivity contribution in [3.05, 3.63) is 0 Å². The number of aliphatic carboxylic acids is 1. The quantitative estimate of drug-likeness (QED) is 0.0945. The molecular weight excluding hydrogens is 512 g/mol. The third-order valence-corrected chi connectivity index (χ3v) is 2.28. The number of nitrogens with zero attached hydrogens (tertiary/aromatic N) is 2. The minimum absolute atomic E-state index is 0. The summed E-state index contributed by atoms with van der Waals surface area (Å²) in [5.41, 5.74) is 5.33. The van der Waals surface area contributed by atoms with Gasteiger partial charge in [0, 0.05) is 50.6 Å². The molecule has 0 unspecified atom stereocenters. The Balaban J connectivity index is -0.000000375. The van der Waals surface area contributed by atoms with Crippen LogP contribution >= 0.6 is 24.8 Å². The van der Waals surface area contributed by atoms with Gasteiger partial charge in [-0.1, -0.05) is 5.16 Å². The summed E-state index contributed by atoms with van der Waals surface area (Å²) in [6.45, 7) is 1.83. The molecule has 0 saturated heterocycles. The van der Waals surface area contributed by atoms with Crippen LogP contribution in [0.5, 0.6) is 0 Å². The second-order valence-corrected chi connectivity index (χ2v) is 3.49. The average molecular weight is 533 g/mol. The van der Waals surface area contributed by atoms with Crippen molar-refractivity contribution in [1.82, 2.24) is 4.90 Å². The summed E-state index contributed by atoms with van der Waals surface area (Å²) in [4.78, 5) is 11.9. The van der Waals surface area contributed by atoms with Gasteiger partial charge >= 0.3 is 5.97 Å². The number of carboxylic acids is 1. The van der Waals surface area contributed by atoms with Gasteiger partial charge in [0.25, 0.3) is 0 Å². The van der Waals surface area contributed by atoms with Gasteiger partial charge in [-0.25, -0.2) is 0 Å². The van der Waals surface area contributed by atoms with Gasteiger partial charge < -0.3 is 26.1 Å². The zero-order valence-corrected chi connectivity index (χ0v) is 17.1. The summed E-state index contributed by atoms with van der Waals surface area (Å²) in [5, 5.41) is 28.9.